The Balaban J connectivity index is 2.63. The van der Waals surface area contributed by atoms with E-state index in [-0.39, 0.29) is 0 Å². The van der Waals surface area contributed by atoms with E-state index in [1.807, 2.05) is 6.92 Å². The van der Waals surface area contributed by atoms with Gasteiger partial charge in [0.05, 0.1) is 0 Å². The molecular formula is C17H21ClN2. The van der Waals surface area contributed by atoms with Crippen molar-refractivity contribution in [1.82, 2.24) is 9.97 Å². The van der Waals surface area contributed by atoms with E-state index in [1.54, 1.807) is 0 Å². The first-order valence-corrected chi connectivity index (χ1v) is 7.31. The van der Waals surface area contributed by atoms with Crippen LogP contribution in [0.2, 0.25) is 5.15 Å². The molecule has 0 atom stereocenters. The summed E-state index contributed by atoms with van der Waals surface area (Å²) in [6.07, 6.45) is 0. The summed E-state index contributed by atoms with van der Waals surface area (Å²) in [6.45, 7) is 12.5. The predicted molar refractivity (Wildman–Crippen MR) is 85.5 cm³/mol. The molecule has 0 saturated heterocycles. The van der Waals surface area contributed by atoms with E-state index in [4.69, 9.17) is 11.6 Å². The highest BCUT2D eigenvalue weighted by Crippen LogP contribution is 2.30. The Kier molecular flexibility index (Phi) is 4.14. The zero-order valence-corrected chi connectivity index (χ0v) is 13.8. The van der Waals surface area contributed by atoms with Gasteiger partial charge in [-0.25, -0.2) is 9.97 Å². The van der Waals surface area contributed by atoms with Crippen LogP contribution in [0.15, 0.2) is 12.1 Å². The van der Waals surface area contributed by atoms with Gasteiger partial charge in [-0.15, -0.1) is 0 Å². The van der Waals surface area contributed by atoms with Crippen LogP contribution in [0.5, 0.6) is 0 Å². The third-order valence-electron chi connectivity index (χ3n) is 3.75. The van der Waals surface area contributed by atoms with Gasteiger partial charge >= 0.3 is 0 Å². The lowest BCUT2D eigenvalue weighted by Crippen LogP contribution is -2.03. The van der Waals surface area contributed by atoms with Gasteiger partial charge in [-0.2, -0.15) is 0 Å². The minimum atomic E-state index is 0.331. The molecule has 2 aromatic rings. The second kappa shape index (κ2) is 5.53. The number of aryl methyl sites for hydroxylation is 4. The Morgan fingerprint density at radius 2 is 1.50 bits per heavy atom. The van der Waals surface area contributed by atoms with Crippen LogP contribution in [0.1, 0.15) is 47.7 Å². The molecule has 0 spiro atoms. The van der Waals surface area contributed by atoms with Crippen molar-refractivity contribution >= 4 is 11.6 Å². The first-order valence-electron chi connectivity index (χ1n) is 6.93. The second-order valence-corrected chi connectivity index (χ2v) is 6.10. The van der Waals surface area contributed by atoms with Crippen LogP contribution in [0.25, 0.3) is 11.4 Å². The van der Waals surface area contributed by atoms with Gasteiger partial charge in [-0.3, -0.25) is 0 Å². The highest BCUT2D eigenvalue weighted by molar-refractivity contribution is 6.30. The van der Waals surface area contributed by atoms with Gasteiger partial charge in [0.2, 0.25) is 0 Å². The summed E-state index contributed by atoms with van der Waals surface area (Å²) < 4.78 is 0. The molecule has 0 bridgehead atoms. The van der Waals surface area contributed by atoms with Crippen LogP contribution in [-0.4, -0.2) is 9.97 Å². The second-order valence-electron chi connectivity index (χ2n) is 5.74. The molecule has 2 nitrogen and oxygen atoms in total. The lowest BCUT2D eigenvalue weighted by Gasteiger charge is -2.14. The lowest BCUT2D eigenvalue weighted by atomic mass is 9.99. The molecule has 106 valence electrons. The maximum Gasteiger partial charge on any atom is 0.161 e. The van der Waals surface area contributed by atoms with Gasteiger partial charge in [0, 0.05) is 16.8 Å². The summed E-state index contributed by atoms with van der Waals surface area (Å²) in [7, 11) is 0. The smallest absolute Gasteiger partial charge is 0.161 e. The predicted octanol–water partition coefficient (Wildman–Crippen LogP) is 5.15. The quantitative estimate of drug-likeness (QED) is 0.714. The largest absolute Gasteiger partial charge is 0.233 e. The van der Waals surface area contributed by atoms with Gasteiger partial charge in [-0.1, -0.05) is 31.5 Å². The van der Waals surface area contributed by atoms with Crippen LogP contribution < -0.4 is 0 Å². The summed E-state index contributed by atoms with van der Waals surface area (Å²) in [5.41, 5.74) is 6.78. The number of hydrogen-bond donors (Lipinski definition) is 0. The molecule has 0 amide bonds. The lowest BCUT2D eigenvalue weighted by molar-refractivity contribution is 0.831. The number of nitrogens with zero attached hydrogens (tertiary/aromatic N) is 2. The Bertz CT molecular complexity index is 637. The SMILES string of the molecule is Cc1cc(C)c(-c2nc(C)c(C(C)C)c(Cl)n2)cc1C. The number of benzene rings is 1. The molecule has 1 heterocycles. The highest BCUT2D eigenvalue weighted by atomic mass is 35.5. The van der Waals surface area contributed by atoms with E-state index < -0.39 is 0 Å². The van der Waals surface area contributed by atoms with Gasteiger partial charge in [0.15, 0.2) is 5.82 Å². The standard InChI is InChI=1S/C17H21ClN2/c1-9(2)15-13(6)19-17(20-16(15)18)14-8-11(4)10(3)7-12(14)5/h7-9H,1-6H3. The van der Waals surface area contributed by atoms with Gasteiger partial charge < -0.3 is 0 Å². The third-order valence-corrected chi connectivity index (χ3v) is 4.04. The average molecular weight is 289 g/mol. The van der Waals surface area contributed by atoms with Crippen molar-refractivity contribution < 1.29 is 0 Å². The molecular weight excluding hydrogens is 268 g/mol. The summed E-state index contributed by atoms with van der Waals surface area (Å²) in [4.78, 5) is 9.17. The molecule has 20 heavy (non-hydrogen) atoms. The first kappa shape index (κ1) is 15.0. The Morgan fingerprint density at radius 1 is 0.900 bits per heavy atom. The Morgan fingerprint density at radius 3 is 2.05 bits per heavy atom. The van der Waals surface area contributed by atoms with E-state index in [0.29, 0.717) is 11.1 Å². The molecule has 2 rings (SSSR count). The zero-order valence-electron chi connectivity index (χ0n) is 13.0. The molecule has 0 aliphatic carbocycles. The van der Waals surface area contributed by atoms with E-state index in [2.05, 4.69) is 56.7 Å². The maximum absolute atomic E-state index is 6.35. The van der Waals surface area contributed by atoms with Crippen molar-refractivity contribution in [3.63, 3.8) is 0 Å². The molecule has 0 saturated carbocycles. The van der Waals surface area contributed by atoms with Gasteiger partial charge in [0.1, 0.15) is 5.15 Å². The van der Waals surface area contributed by atoms with Crippen molar-refractivity contribution in [2.45, 2.75) is 47.5 Å². The van der Waals surface area contributed by atoms with Crippen molar-refractivity contribution in [3.05, 3.63) is 45.2 Å². The average Bonchev–Trinajstić information content (AvgIpc) is 2.32. The van der Waals surface area contributed by atoms with Crippen molar-refractivity contribution in [3.8, 4) is 11.4 Å². The minimum Gasteiger partial charge on any atom is -0.233 e. The maximum atomic E-state index is 6.35. The molecule has 0 unspecified atom stereocenters. The van der Waals surface area contributed by atoms with E-state index >= 15 is 0 Å². The van der Waals surface area contributed by atoms with Crippen molar-refractivity contribution in [2.75, 3.05) is 0 Å². The zero-order chi connectivity index (χ0) is 15.0. The number of rotatable bonds is 2. The molecule has 3 heteroatoms. The molecule has 0 radical (unpaired) electrons. The number of halogens is 1. The Hall–Kier alpha value is -1.41. The van der Waals surface area contributed by atoms with Crippen molar-refractivity contribution in [2.24, 2.45) is 0 Å². The highest BCUT2D eigenvalue weighted by Gasteiger charge is 2.15. The van der Waals surface area contributed by atoms with Gasteiger partial charge in [0.25, 0.3) is 0 Å². The minimum absolute atomic E-state index is 0.331. The van der Waals surface area contributed by atoms with Crippen molar-refractivity contribution in [1.29, 1.82) is 0 Å². The first-order chi connectivity index (χ1) is 9.31. The van der Waals surface area contributed by atoms with E-state index in [9.17, 15) is 0 Å². The summed E-state index contributed by atoms with van der Waals surface area (Å²) >= 11 is 6.35. The summed E-state index contributed by atoms with van der Waals surface area (Å²) in [6, 6.07) is 4.32. The fraction of sp³-hybridized carbons (Fsp3) is 0.412. The van der Waals surface area contributed by atoms with E-state index in [0.717, 1.165) is 22.6 Å². The molecule has 1 aromatic carbocycles. The monoisotopic (exact) mass is 288 g/mol. The normalized spacial score (nSPS) is 11.2. The van der Waals surface area contributed by atoms with Crippen LogP contribution in [0, 0.1) is 27.7 Å². The summed E-state index contributed by atoms with van der Waals surface area (Å²) in [5.74, 6) is 1.05. The molecule has 1 aromatic heterocycles. The number of hydrogen-bond acceptors (Lipinski definition) is 2. The summed E-state index contributed by atoms with van der Waals surface area (Å²) in [5, 5.41) is 0.570. The third kappa shape index (κ3) is 2.71. The molecule has 0 N–H and O–H groups in total. The molecule has 0 aliphatic rings. The fourth-order valence-electron chi connectivity index (χ4n) is 2.52. The van der Waals surface area contributed by atoms with Crippen LogP contribution in [0.3, 0.4) is 0 Å². The van der Waals surface area contributed by atoms with Gasteiger partial charge in [-0.05, 0) is 56.4 Å². The molecule has 0 aliphatic heterocycles. The Labute approximate surface area is 126 Å². The number of aromatic nitrogens is 2. The van der Waals surface area contributed by atoms with Crippen LogP contribution in [0.4, 0.5) is 0 Å². The fourth-order valence-corrected chi connectivity index (χ4v) is 2.96. The molecule has 0 fully saturated rings. The topological polar surface area (TPSA) is 25.8 Å². The van der Waals surface area contributed by atoms with Crippen LogP contribution >= 0.6 is 11.6 Å². The van der Waals surface area contributed by atoms with E-state index in [1.165, 1.54) is 16.7 Å². The van der Waals surface area contributed by atoms with Crippen LogP contribution in [-0.2, 0) is 0 Å².